The summed E-state index contributed by atoms with van der Waals surface area (Å²) < 4.78 is 19.1. The molecule has 40 heavy (non-hydrogen) atoms. The van der Waals surface area contributed by atoms with Crippen LogP contribution >= 0.6 is 11.6 Å². The van der Waals surface area contributed by atoms with Gasteiger partial charge in [0.05, 0.1) is 16.7 Å². The summed E-state index contributed by atoms with van der Waals surface area (Å²) in [4.78, 5) is 49.3. The van der Waals surface area contributed by atoms with Gasteiger partial charge < -0.3 is 25.3 Å². The molecule has 1 aliphatic rings. The predicted octanol–water partition coefficient (Wildman–Crippen LogP) is 4.44. The fourth-order valence-corrected chi connectivity index (χ4v) is 4.23. The SMILES string of the molecule is CC1=C(C(=O)Nc2cc(C(=O)O)ccn2)C(c2cc(C(=O)O)ccc2Cl)N=C(Nc2nc3ccc(F)cc3o2)N1. The summed E-state index contributed by atoms with van der Waals surface area (Å²) in [5.74, 6) is -3.56. The molecule has 5 N–H and O–H groups in total. The monoisotopic (exact) mass is 564 g/mol. The Bertz CT molecular complexity index is 1770. The average Bonchev–Trinajstić information content (AvgIpc) is 3.29. The Morgan fingerprint density at radius 3 is 2.55 bits per heavy atom. The molecule has 0 spiro atoms. The molecule has 0 aliphatic carbocycles. The molecule has 0 saturated carbocycles. The van der Waals surface area contributed by atoms with E-state index in [0.717, 1.165) is 0 Å². The van der Waals surface area contributed by atoms with Gasteiger partial charge in [0.15, 0.2) is 5.58 Å². The quantitative estimate of drug-likeness (QED) is 0.225. The summed E-state index contributed by atoms with van der Waals surface area (Å²) in [6, 6.07) is 9.15. The lowest BCUT2D eigenvalue weighted by atomic mass is 9.94. The van der Waals surface area contributed by atoms with Crippen molar-refractivity contribution >= 4 is 58.3 Å². The highest BCUT2D eigenvalue weighted by Gasteiger charge is 2.32. The first-order valence-electron chi connectivity index (χ1n) is 11.5. The Balaban J connectivity index is 1.54. The lowest BCUT2D eigenvalue weighted by Crippen LogP contribution is -2.37. The van der Waals surface area contributed by atoms with Gasteiger partial charge in [0.1, 0.15) is 23.2 Å². The van der Waals surface area contributed by atoms with Crippen molar-refractivity contribution in [1.82, 2.24) is 15.3 Å². The fourth-order valence-electron chi connectivity index (χ4n) is 4.01. The first kappa shape index (κ1) is 26.3. The maximum Gasteiger partial charge on any atom is 0.335 e. The summed E-state index contributed by atoms with van der Waals surface area (Å²) in [7, 11) is 0. The van der Waals surface area contributed by atoms with Gasteiger partial charge in [-0.2, -0.15) is 4.98 Å². The second-order valence-electron chi connectivity index (χ2n) is 8.53. The van der Waals surface area contributed by atoms with Crippen molar-refractivity contribution in [2.45, 2.75) is 13.0 Å². The standard InChI is InChI=1S/C26H18ClFN6O6/c1-11-20(22(35)32-19-9-13(24(38)39)6-7-29-19)21(15-8-12(23(36)37)2-4-16(15)27)33-25(30-11)34-26-31-17-5-3-14(28)10-18(17)40-26/h2-10,21H,1H3,(H,36,37)(H,38,39)(H,29,32,35)(H2,30,31,33,34). The van der Waals surface area contributed by atoms with Gasteiger partial charge in [-0.1, -0.05) is 11.6 Å². The van der Waals surface area contributed by atoms with E-state index < -0.39 is 29.7 Å². The van der Waals surface area contributed by atoms with E-state index in [2.05, 4.69) is 30.9 Å². The number of halogens is 2. The van der Waals surface area contributed by atoms with Gasteiger partial charge in [-0.3, -0.25) is 10.1 Å². The third-order valence-electron chi connectivity index (χ3n) is 5.85. The molecule has 0 saturated heterocycles. The number of carboxylic acids is 2. The summed E-state index contributed by atoms with van der Waals surface area (Å²) in [5, 5.41) is 27.3. The number of nitrogens with zero attached hydrogens (tertiary/aromatic N) is 3. The number of carbonyl (C=O) groups excluding carboxylic acids is 1. The Kier molecular flexibility index (Phi) is 6.88. The first-order valence-corrected chi connectivity index (χ1v) is 11.9. The number of hydrogen-bond donors (Lipinski definition) is 5. The number of fused-ring (bicyclic) bond motifs is 1. The number of oxazole rings is 1. The molecule has 0 radical (unpaired) electrons. The Morgan fingerprint density at radius 1 is 1.05 bits per heavy atom. The molecule has 2 aromatic heterocycles. The van der Waals surface area contributed by atoms with Crippen LogP contribution in [0.4, 0.5) is 16.2 Å². The highest BCUT2D eigenvalue weighted by atomic mass is 35.5. The summed E-state index contributed by atoms with van der Waals surface area (Å²) in [6.07, 6.45) is 1.23. The van der Waals surface area contributed by atoms with E-state index >= 15 is 0 Å². The van der Waals surface area contributed by atoms with Crippen molar-refractivity contribution in [2.75, 3.05) is 10.6 Å². The van der Waals surface area contributed by atoms with E-state index in [1.54, 1.807) is 6.92 Å². The summed E-state index contributed by atoms with van der Waals surface area (Å²) in [6.45, 7) is 1.58. The van der Waals surface area contributed by atoms with Gasteiger partial charge in [0.25, 0.3) is 5.91 Å². The molecule has 1 aliphatic heterocycles. The molecule has 1 atom stereocenters. The topological polar surface area (TPSA) is 179 Å². The number of nitrogens with one attached hydrogen (secondary N) is 3. The third-order valence-corrected chi connectivity index (χ3v) is 6.19. The molecular weight excluding hydrogens is 547 g/mol. The van der Waals surface area contributed by atoms with E-state index in [4.69, 9.17) is 16.0 Å². The number of carbonyl (C=O) groups is 3. The Labute approximate surface area is 229 Å². The van der Waals surface area contributed by atoms with Crippen LogP contribution in [0.1, 0.15) is 39.2 Å². The molecule has 5 rings (SSSR count). The number of aromatic carboxylic acids is 2. The zero-order valence-corrected chi connectivity index (χ0v) is 21.2. The number of pyridine rings is 1. The highest BCUT2D eigenvalue weighted by molar-refractivity contribution is 6.31. The molecular formula is C26H18ClFN6O6. The van der Waals surface area contributed by atoms with Gasteiger partial charge in [0.2, 0.25) is 5.96 Å². The van der Waals surface area contributed by atoms with Gasteiger partial charge >= 0.3 is 18.0 Å². The largest absolute Gasteiger partial charge is 0.478 e. The third kappa shape index (κ3) is 5.31. The molecule has 202 valence electrons. The second kappa shape index (κ2) is 10.5. The molecule has 3 heterocycles. The van der Waals surface area contributed by atoms with Crippen molar-refractivity contribution in [3.05, 3.63) is 93.5 Å². The molecule has 1 amide bonds. The Morgan fingerprint density at radius 2 is 1.80 bits per heavy atom. The number of guanidine groups is 1. The molecule has 12 nitrogen and oxygen atoms in total. The number of allylic oxidation sites excluding steroid dienone is 1. The highest BCUT2D eigenvalue weighted by Crippen LogP contribution is 2.36. The van der Waals surface area contributed by atoms with Gasteiger partial charge in [0, 0.05) is 28.5 Å². The summed E-state index contributed by atoms with van der Waals surface area (Å²) >= 11 is 6.44. The normalized spacial score (nSPS) is 14.9. The molecule has 0 fully saturated rings. The van der Waals surface area contributed by atoms with Crippen LogP contribution in [-0.2, 0) is 4.79 Å². The van der Waals surface area contributed by atoms with Gasteiger partial charge in [-0.05, 0) is 49.4 Å². The average molecular weight is 565 g/mol. The zero-order chi connectivity index (χ0) is 28.6. The Hall–Kier alpha value is -5.30. The number of hydrogen-bond acceptors (Lipinski definition) is 9. The minimum Gasteiger partial charge on any atom is -0.478 e. The van der Waals surface area contributed by atoms with E-state index in [0.29, 0.717) is 11.2 Å². The van der Waals surface area contributed by atoms with E-state index in [1.807, 2.05) is 0 Å². The predicted molar refractivity (Wildman–Crippen MR) is 142 cm³/mol. The molecule has 2 aromatic carbocycles. The van der Waals surface area contributed by atoms with Crippen molar-refractivity contribution in [3.63, 3.8) is 0 Å². The number of rotatable bonds is 6. The number of carboxylic acid groups (broad SMARTS) is 2. The van der Waals surface area contributed by atoms with Crippen LogP contribution in [0.15, 0.2) is 75.4 Å². The molecule has 4 aromatic rings. The van der Waals surface area contributed by atoms with Gasteiger partial charge in [-0.25, -0.2) is 24.0 Å². The number of anilines is 2. The minimum atomic E-state index is -1.21. The minimum absolute atomic E-state index is 0.0219. The molecule has 1 unspecified atom stereocenters. The van der Waals surface area contributed by atoms with Crippen LogP contribution in [0.5, 0.6) is 0 Å². The van der Waals surface area contributed by atoms with E-state index in [9.17, 15) is 29.0 Å². The second-order valence-corrected chi connectivity index (χ2v) is 8.94. The molecule has 14 heteroatoms. The van der Waals surface area contributed by atoms with Crippen LogP contribution in [0.2, 0.25) is 5.02 Å². The number of amides is 1. The van der Waals surface area contributed by atoms with E-state index in [1.165, 1.54) is 54.7 Å². The maximum atomic E-state index is 13.6. The summed E-state index contributed by atoms with van der Waals surface area (Å²) in [5.41, 5.74) is 0.962. The van der Waals surface area contributed by atoms with Crippen LogP contribution in [0.3, 0.4) is 0 Å². The van der Waals surface area contributed by atoms with Gasteiger partial charge in [-0.15, -0.1) is 0 Å². The van der Waals surface area contributed by atoms with Crippen molar-refractivity contribution in [1.29, 1.82) is 0 Å². The van der Waals surface area contributed by atoms with Crippen molar-refractivity contribution in [3.8, 4) is 0 Å². The van der Waals surface area contributed by atoms with E-state index in [-0.39, 0.29) is 50.7 Å². The number of aliphatic imine (C=N–C) groups is 1. The smallest absolute Gasteiger partial charge is 0.335 e. The fraction of sp³-hybridized carbons (Fsp3) is 0.0769. The maximum absolute atomic E-state index is 13.6. The number of aromatic nitrogens is 2. The van der Waals surface area contributed by atoms with Crippen molar-refractivity contribution < 1.29 is 33.4 Å². The zero-order valence-electron chi connectivity index (χ0n) is 20.4. The van der Waals surface area contributed by atoms with Crippen LogP contribution in [-0.4, -0.2) is 44.0 Å². The lowest BCUT2D eigenvalue weighted by molar-refractivity contribution is -0.113. The van der Waals surface area contributed by atoms with Crippen LogP contribution < -0.4 is 16.0 Å². The first-order chi connectivity index (χ1) is 19.1. The van der Waals surface area contributed by atoms with Crippen LogP contribution in [0.25, 0.3) is 11.1 Å². The lowest BCUT2D eigenvalue weighted by Gasteiger charge is -2.27. The molecule has 0 bridgehead atoms. The van der Waals surface area contributed by atoms with Crippen LogP contribution in [0, 0.1) is 5.82 Å². The number of benzene rings is 2. The van der Waals surface area contributed by atoms with Crippen molar-refractivity contribution in [2.24, 2.45) is 4.99 Å².